The molecule has 3 aromatic rings. The maximum absolute atomic E-state index is 12.1. The van der Waals surface area contributed by atoms with Crippen LogP contribution in [0.25, 0.3) is 22.1 Å². The summed E-state index contributed by atoms with van der Waals surface area (Å²) in [5.41, 5.74) is 6.27. The first-order valence-corrected chi connectivity index (χ1v) is 9.24. The number of benzene rings is 2. The Morgan fingerprint density at radius 3 is 2.40 bits per heavy atom. The largest absolute Gasteiger partial charge is 0.423 e. The quantitative estimate of drug-likeness (QED) is 0.397. The number of hydrogen-bond donors (Lipinski definition) is 0. The van der Waals surface area contributed by atoms with E-state index in [-0.39, 0.29) is 5.63 Å². The van der Waals surface area contributed by atoms with Crippen molar-refractivity contribution >= 4 is 11.0 Å². The fraction of sp³-hybridized carbons (Fsp3) is 0.348. The summed E-state index contributed by atoms with van der Waals surface area (Å²) < 4.78 is 5.57. The fourth-order valence-corrected chi connectivity index (χ4v) is 3.54. The van der Waals surface area contributed by atoms with E-state index in [0.29, 0.717) is 5.58 Å². The number of fused-ring (bicyclic) bond motifs is 1. The van der Waals surface area contributed by atoms with Gasteiger partial charge in [0.25, 0.3) is 0 Å². The molecule has 130 valence electrons. The Hall–Kier alpha value is -2.35. The van der Waals surface area contributed by atoms with Crippen LogP contribution in [-0.4, -0.2) is 0 Å². The molecule has 0 saturated heterocycles. The van der Waals surface area contributed by atoms with Gasteiger partial charge >= 0.3 is 5.63 Å². The normalized spacial score (nSPS) is 11.2. The van der Waals surface area contributed by atoms with E-state index in [9.17, 15) is 4.79 Å². The van der Waals surface area contributed by atoms with Gasteiger partial charge in [-0.15, -0.1) is 0 Å². The molecule has 0 amide bonds. The third-order valence-electron chi connectivity index (χ3n) is 5.10. The van der Waals surface area contributed by atoms with Gasteiger partial charge < -0.3 is 4.42 Å². The van der Waals surface area contributed by atoms with Crippen molar-refractivity contribution in [3.63, 3.8) is 0 Å². The summed E-state index contributed by atoms with van der Waals surface area (Å²) in [5, 5.41) is 1.06. The summed E-state index contributed by atoms with van der Waals surface area (Å²) in [6.07, 6.45) is 6.00. The number of rotatable bonds is 6. The van der Waals surface area contributed by atoms with Crippen molar-refractivity contribution in [2.24, 2.45) is 0 Å². The fourth-order valence-electron chi connectivity index (χ4n) is 3.54. The molecule has 3 rings (SSSR count). The predicted molar refractivity (Wildman–Crippen MR) is 105 cm³/mol. The van der Waals surface area contributed by atoms with Crippen LogP contribution < -0.4 is 5.63 Å². The van der Waals surface area contributed by atoms with Crippen molar-refractivity contribution < 1.29 is 4.42 Å². The summed E-state index contributed by atoms with van der Waals surface area (Å²) in [7, 11) is 0. The smallest absolute Gasteiger partial charge is 0.336 e. The molecule has 0 spiro atoms. The minimum absolute atomic E-state index is 0.286. The minimum Gasteiger partial charge on any atom is -0.423 e. The van der Waals surface area contributed by atoms with Gasteiger partial charge in [0.15, 0.2) is 0 Å². The highest BCUT2D eigenvalue weighted by Crippen LogP contribution is 2.33. The lowest BCUT2D eigenvalue weighted by atomic mass is 9.91. The van der Waals surface area contributed by atoms with Crippen LogP contribution in [0.2, 0.25) is 0 Å². The van der Waals surface area contributed by atoms with E-state index in [4.69, 9.17) is 4.42 Å². The molecule has 0 aliphatic carbocycles. The Balaban J connectivity index is 2.12. The summed E-state index contributed by atoms with van der Waals surface area (Å²) in [6.45, 7) is 6.55. The van der Waals surface area contributed by atoms with Crippen LogP contribution in [0, 0.1) is 13.8 Å². The molecule has 2 heteroatoms. The van der Waals surface area contributed by atoms with E-state index in [1.807, 2.05) is 30.3 Å². The van der Waals surface area contributed by atoms with Crippen molar-refractivity contribution in [2.75, 3.05) is 0 Å². The van der Waals surface area contributed by atoms with Crippen LogP contribution in [0.4, 0.5) is 0 Å². The number of hydrogen-bond acceptors (Lipinski definition) is 2. The first-order valence-electron chi connectivity index (χ1n) is 9.24. The molecule has 0 unspecified atom stereocenters. The van der Waals surface area contributed by atoms with Crippen molar-refractivity contribution in [1.29, 1.82) is 0 Å². The van der Waals surface area contributed by atoms with Crippen LogP contribution in [0.15, 0.2) is 51.7 Å². The van der Waals surface area contributed by atoms with Gasteiger partial charge in [0.05, 0.1) is 0 Å². The van der Waals surface area contributed by atoms with Gasteiger partial charge in [-0.25, -0.2) is 4.79 Å². The molecule has 25 heavy (non-hydrogen) atoms. The molecule has 0 radical (unpaired) electrons. The first-order chi connectivity index (χ1) is 12.1. The SMILES string of the molecule is CCCCCCc1cc2oc(=O)cc(-c3ccccc3)c2c(C)c1C. The van der Waals surface area contributed by atoms with Crippen LogP contribution in [0.5, 0.6) is 0 Å². The average molecular weight is 334 g/mol. The molecule has 0 bridgehead atoms. The molecule has 1 heterocycles. The van der Waals surface area contributed by atoms with Gasteiger partial charge in [0.1, 0.15) is 5.58 Å². The third kappa shape index (κ3) is 3.68. The van der Waals surface area contributed by atoms with E-state index in [1.54, 1.807) is 6.07 Å². The zero-order valence-electron chi connectivity index (χ0n) is 15.4. The lowest BCUT2D eigenvalue weighted by Crippen LogP contribution is -2.02. The Morgan fingerprint density at radius 2 is 1.68 bits per heavy atom. The van der Waals surface area contributed by atoms with Crippen LogP contribution in [0.3, 0.4) is 0 Å². The second-order valence-corrected chi connectivity index (χ2v) is 6.81. The Labute approximate surface area is 149 Å². The Morgan fingerprint density at radius 1 is 0.920 bits per heavy atom. The molecule has 0 atom stereocenters. The molecule has 0 fully saturated rings. The Bertz CT molecular complexity index is 920. The molecule has 1 aromatic heterocycles. The zero-order valence-corrected chi connectivity index (χ0v) is 15.4. The highest BCUT2D eigenvalue weighted by Gasteiger charge is 2.14. The molecule has 0 saturated carbocycles. The number of aryl methyl sites for hydroxylation is 2. The summed E-state index contributed by atoms with van der Waals surface area (Å²) >= 11 is 0. The van der Waals surface area contributed by atoms with E-state index < -0.39 is 0 Å². The van der Waals surface area contributed by atoms with Gasteiger partial charge in [-0.3, -0.25) is 0 Å². The third-order valence-corrected chi connectivity index (χ3v) is 5.10. The molecule has 2 aromatic carbocycles. The van der Waals surface area contributed by atoms with E-state index in [1.165, 1.54) is 42.4 Å². The van der Waals surface area contributed by atoms with Gasteiger partial charge in [-0.2, -0.15) is 0 Å². The minimum atomic E-state index is -0.286. The van der Waals surface area contributed by atoms with E-state index in [0.717, 1.165) is 22.9 Å². The number of unbranched alkanes of at least 4 members (excludes halogenated alkanes) is 3. The lowest BCUT2D eigenvalue weighted by molar-refractivity contribution is 0.560. The maximum Gasteiger partial charge on any atom is 0.336 e. The monoisotopic (exact) mass is 334 g/mol. The predicted octanol–water partition coefficient (Wildman–Crippen LogP) is 6.20. The van der Waals surface area contributed by atoms with Crippen molar-refractivity contribution in [1.82, 2.24) is 0 Å². The highest BCUT2D eigenvalue weighted by molar-refractivity contribution is 5.96. The standard InChI is InChI=1S/C23H26O2/c1-4-5-6-8-13-19-14-21-23(17(3)16(19)2)20(15-22(24)25-21)18-11-9-7-10-12-18/h7,9-12,14-15H,4-6,8,13H2,1-3H3. The summed E-state index contributed by atoms with van der Waals surface area (Å²) in [5.74, 6) is 0. The van der Waals surface area contributed by atoms with Gasteiger partial charge in [0, 0.05) is 17.0 Å². The molecule has 0 aliphatic rings. The molecular weight excluding hydrogens is 308 g/mol. The van der Waals surface area contributed by atoms with Crippen LogP contribution in [-0.2, 0) is 6.42 Å². The average Bonchev–Trinajstić information content (AvgIpc) is 2.62. The molecule has 2 nitrogen and oxygen atoms in total. The van der Waals surface area contributed by atoms with Crippen LogP contribution in [0.1, 0.15) is 49.3 Å². The van der Waals surface area contributed by atoms with Gasteiger partial charge in [0.2, 0.25) is 0 Å². The van der Waals surface area contributed by atoms with Crippen molar-refractivity contribution in [2.45, 2.75) is 52.9 Å². The van der Waals surface area contributed by atoms with E-state index in [2.05, 4.69) is 26.8 Å². The zero-order chi connectivity index (χ0) is 17.8. The lowest BCUT2D eigenvalue weighted by Gasteiger charge is -2.14. The second kappa shape index (κ2) is 7.69. The van der Waals surface area contributed by atoms with E-state index >= 15 is 0 Å². The maximum atomic E-state index is 12.1. The molecule has 0 aliphatic heterocycles. The van der Waals surface area contributed by atoms with Crippen LogP contribution >= 0.6 is 0 Å². The molecular formula is C23H26O2. The van der Waals surface area contributed by atoms with Gasteiger partial charge in [-0.05, 0) is 55.0 Å². The van der Waals surface area contributed by atoms with Gasteiger partial charge in [-0.1, -0.05) is 56.5 Å². The summed E-state index contributed by atoms with van der Waals surface area (Å²) in [4.78, 5) is 12.1. The highest BCUT2D eigenvalue weighted by atomic mass is 16.4. The first kappa shape index (κ1) is 17.5. The molecule has 0 N–H and O–H groups in total. The topological polar surface area (TPSA) is 30.2 Å². The van der Waals surface area contributed by atoms with Crippen molar-refractivity contribution in [3.05, 3.63) is 69.6 Å². The Kier molecular flexibility index (Phi) is 5.37. The second-order valence-electron chi connectivity index (χ2n) is 6.81. The van der Waals surface area contributed by atoms with Crippen molar-refractivity contribution in [3.8, 4) is 11.1 Å². The summed E-state index contributed by atoms with van der Waals surface area (Å²) in [6, 6.07) is 13.8.